The zero-order valence-electron chi connectivity index (χ0n) is 24.2. The highest BCUT2D eigenvalue weighted by Gasteiger charge is 2.56. The second-order valence-corrected chi connectivity index (χ2v) is 11.3. The maximum Gasteiger partial charge on any atom is 0.335 e. The molecule has 0 radical (unpaired) electrons. The number of imide groups is 1. The maximum absolute atomic E-state index is 14.0. The molecule has 10 nitrogen and oxygen atoms in total. The number of benzene rings is 2. The fourth-order valence-electron chi connectivity index (χ4n) is 6.91. The van der Waals surface area contributed by atoms with E-state index in [-0.39, 0.29) is 52.9 Å². The lowest BCUT2D eigenvalue weighted by Gasteiger charge is -2.41. The van der Waals surface area contributed by atoms with E-state index in [1.807, 2.05) is 6.08 Å². The number of ether oxygens (including phenoxy) is 2. The van der Waals surface area contributed by atoms with E-state index in [1.165, 1.54) is 44.6 Å². The molecule has 0 unspecified atom stereocenters. The lowest BCUT2D eigenvalue weighted by atomic mass is 9.60. The predicted octanol–water partition coefficient (Wildman–Crippen LogP) is 4.29. The van der Waals surface area contributed by atoms with Crippen LogP contribution in [0.25, 0.3) is 6.08 Å². The van der Waals surface area contributed by atoms with Crippen LogP contribution in [0.15, 0.2) is 76.9 Å². The largest absolute Gasteiger partial charge is 0.502 e. The Morgan fingerprint density at radius 1 is 1.00 bits per heavy atom. The number of amides is 2. The second-order valence-electron chi connectivity index (χ2n) is 11.3. The monoisotopic (exact) mass is 595 g/mol. The molecule has 2 N–H and O–H groups in total. The summed E-state index contributed by atoms with van der Waals surface area (Å²) in [6, 6.07) is 8.91. The predicted molar refractivity (Wildman–Crippen MR) is 158 cm³/mol. The Balaban J connectivity index is 1.43. The summed E-state index contributed by atoms with van der Waals surface area (Å²) < 4.78 is 10.5. The first-order valence-corrected chi connectivity index (χ1v) is 14.1. The number of fused-ring (bicyclic) bond motifs is 3. The van der Waals surface area contributed by atoms with Crippen molar-refractivity contribution in [2.45, 2.75) is 19.8 Å². The van der Waals surface area contributed by atoms with Gasteiger partial charge in [-0.25, -0.2) is 4.79 Å². The van der Waals surface area contributed by atoms with Crippen LogP contribution in [-0.2, 0) is 19.2 Å². The van der Waals surface area contributed by atoms with Gasteiger partial charge in [0.2, 0.25) is 17.6 Å². The molecule has 0 aromatic heterocycles. The first kappa shape index (κ1) is 28.9. The number of phenols is 1. The molecular formula is C34H29NO9. The van der Waals surface area contributed by atoms with E-state index in [1.54, 1.807) is 31.2 Å². The van der Waals surface area contributed by atoms with Gasteiger partial charge in [-0.1, -0.05) is 29.9 Å². The number of nitrogens with zero attached hydrogens (tertiary/aromatic N) is 1. The quantitative estimate of drug-likeness (QED) is 0.284. The summed E-state index contributed by atoms with van der Waals surface area (Å²) in [5, 5.41) is 19.8. The van der Waals surface area contributed by atoms with Crippen molar-refractivity contribution in [3.63, 3.8) is 0 Å². The first-order chi connectivity index (χ1) is 21.0. The van der Waals surface area contributed by atoms with Crippen LogP contribution < -0.4 is 14.4 Å². The minimum Gasteiger partial charge on any atom is -0.502 e. The van der Waals surface area contributed by atoms with Crippen LogP contribution in [0.2, 0.25) is 0 Å². The number of phenolic OH excluding ortho intramolecular Hbond substituents is 1. The highest BCUT2D eigenvalue weighted by atomic mass is 16.5. The number of hydrogen-bond acceptors (Lipinski definition) is 8. The molecular weight excluding hydrogens is 566 g/mol. The Morgan fingerprint density at radius 3 is 2.36 bits per heavy atom. The number of aromatic carboxylic acids is 1. The molecule has 0 spiro atoms. The Labute approximate surface area is 252 Å². The van der Waals surface area contributed by atoms with Gasteiger partial charge >= 0.3 is 5.97 Å². The van der Waals surface area contributed by atoms with Crippen LogP contribution >= 0.6 is 0 Å². The molecule has 4 atom stereocenters. The number of carboxylic acid groups (broad SMARTS) is 1. The SMILES string of the molecule is COc1cc(C=C[C@H]2C3=CC[C@@H]4C(=O)N(c5cccc(C(=O)O)c5)C(=O)[C@@H]4[C@@H]3CC3=C2C(=O)C=C(C)C3=O)cc(OC)c1O. The molecule has 2 amide bonds. The molecule has 1 fully saturated rings. The summed E-state index contributed by atoms with van der Waals surface area (Å²) in [5.41, 5.74) is 2.50. The number of carbonyl (C=O) groups excluding carboxylic acids is 4. The summed E-state index contributed by atoms with van der Waals surface area (Å²) in [5.74, 6) is -5.04. The number of Topliss-reactive ketones (excluding diaryl/α,β-unsaturated/α-hetero) is 1. The van der Waals surface area contributed by atoms with Gasteiger partial charge < -0.3 is 19.7 Å². The highest BCUT2D eigenvalue weighted by molar-refractivity contribution is 6.25. The van der Waals surface area contributed by atoms with E-state index in [0.717, 1.165) is 10.5 Å². The van der Waals surface area contributed by atoms with E-state index < -0.39 is 41.5 Å². The Hall–Kier alpha value is -5.25. The van der Waals surface area contributed by atoms with E-state index in [0.29, 0.717) is 22.3 Å². The Kier molecular flexibility index (Phi) is 7.07. The second kappa shape index (κ2) is 10.8. The number of methoxy groups -OCH3 is 2. The number of carboxylic acids is 1. The van der Waals surface area contributed by atoms with Gasteiger partial charge in [-0.05, 0) is 67.7 Å². The van der Waals surface area contributed by atoms with Crippen molar-refractivity contribution in [2.75, 3.05) is 19.1 Å². The van der Waals surface area contributed by atoms with Crippen LogP contribution in [0.4, 0.5) is 5.69 Å². The Bertz CT molecular complexity index is 1770. The summed E-state index contributed by atoms with van der Waals surface area (Å²) >= 11 is 0. The normalized spacial score (nSPS) is 24.6. The van der Waals surface area contributed by atoms with Crippen LogP contribution in [0, 0.1) is 23.7 Å². The van der Waals surface area contributed by atoms with E-state index in [9.17, 15) is 34.2 Å². The molecule has 224 valence electrons. The van der Waals surface area contributed by atoms with Crippen molar-refractivity contribution in [3.05, 3.63) is 88.0 Å². The molecule has 1 saturated heterocycles. The van der Waals surface area contributed by atoms with Crippen LogP contribution in [0.3, 0.4) is 0 Å². The molecule has 2 aromatic rings. The minimum atomic E-state index is -1.18. The summed E-state index contributed by atoms with van der Waals surface area (Å²) in [4.78, 5) is 67.1. The molecule has 2 aromatic carbocycles. The van der Waals surface area contributed by atoms with Crippen molar-refractivity contribution in [2.24, 2.45) is 23.7 Å². The van der Waals surface area contributed by atoms with Gasteiger partial charge in [-0.2, -0.15) is 0 Å². The molecule has 1 heterocycles. The first-order valence-electron chi connectivity index (χ1n) is 14.1. The van der Waals surface area contributed by atoms with Gasteiger partial charge in [0.15, 0.2) is 23.1 Å². The van der Waals surface area contributed by atoms with Crippen molar-refractivity contribution < 1.29 is 43.7 Å². The molecule has 4 aliphatic rings. The molecule has 1 aliphatic heterocycles. The molecule has 6 rings (SSSR count). The number of rotatable bonds is 6. The third-order valence-corrected chi connectivity index (χ3v) is 8.94. The summed E-state index contributed by atoms with van der Waals surface area (Å²) in [7, 11) is 2.83. The van der Waals surface area contributed by atoms with Crippen LogP contribution in [0.1, 0.15) is 35.7 Å². The number of hydrogen-bond donors (Lipinski definition) is 2. The van der Waals surface area contributed by atoms with E-state index >= 15 is 0 Å². The van der Waals surface area contributed by atoms with Crippen LogP contribution in [0.5, 0.6) is 17.2 Å². The van der Waals surface area contributed by atoms with Crippen molar-refractivity contribution in [3.8, 4) is 17.2 Å². The molecule has 0 bridgehead atoms. The van der Waals surface area contributed by atoms with Gasteiger partial charge in [-0.15, -0.1) is 0 Å². The fraction of sp³-hybridized carbons (Fsp3) is 0.265. The maximum atomic E-state index is 14.0. The number of aromatic hydroxyl groups is 1. The van der Waals surface area contributed by atoms with Crippen molar-refractivity contribution in [1.29, 1.82) is 0 Å². The molecule has 44 heavy (non-hydrogen) atoms. The summed E-state index contributed by atoms with van der Waals surface area (Å²) in [6.45, 7) is 1.58. The van der Waals surface area contributed by atoms with Gasteiger partial charge in [0.25, 0.3) is 0 Å². The van der Waals surface area contributed by atoms with Gasteiger partial charge in [0.05, 0.1) is 37.3 Å². The smallest absolute Gasteiger partial charge is 0.335 e. The summed E-state index contributed by atoms with van der Waals surface area (Å²) in [6.07, 6.45) is 7.14. The number of anilines is 1. The molecule has 0 saturated carbocycles. The third kappa shape index (κ3) is 4.45. The van der Waals surface area contributed by atoms with Gasteiger partial charge in [0, 0.05) is 22.6 Å². The lowest BCUT2D eigenvalue weighted by molar-refractivity contribution is -0.123. The lowest BCUT2D eigenvalue weighted by Crippen LogP contribution is -2.40. The van der Waals surface area contributed by atoms with E-state index in [4.69, 9.17) is 9.47 Å². The standard InChI is InChI=1S/C34H29NO9/c1-16-11-25(36)28-21(8-7-17-12-26(43-2)31(38)27(13-17)44-3)20-9-10-22-29(23(20)15-24(28)30(16)37)33(40)35(32(22)39)19-6-4-5-18(14-19)34(41)42/h4-9,11-14,21-23,29,38H,10,15H2,1-3H3,(H,41,42)/t21-,22-,23+,29-/m0/s1. The zero-order valence-corrected chi connectivity index (χ0v) is 24.2. The van der Waals surface area contributed by atoms with E-state index in [2.05, 4.69) is 0 Å². The highest BCUT2D eigenvalue weighted by Crippen LogP contribution is 2.53. The van der Waals surface area contributed by atoms with Gasteiger partial charge in [-0.3, -0.25) is 24.1 Å². The minimum absolute atomic E-state index is 0.0504. The average molecular weight is 596 g/mol. The zero-order chi connectivity index (χ0) is 31.4. The number of carbonyl (C=O) groups is 5. The Morgan fingerprint density at radius 2 is 1.70 bits per heavy atom. The number of ketones is 2. The van der Waals surface area contributed by atoms with Crippen molar-refractivity contribution in [1.82, 2.24) is 0 Å². The van der Waals surface area contributed by atoms with Crippen LogP contribution in [-0.4, -0.2) is 53.8 Å². The topological polar surface area (TPSA) is 148 Å². The molecule has 3 aliphatic carbocycles. The average Bonchev–Trinajstić information content (AvgIpc) is 3.27. The number of allylic oxidation sites excluding steroid dienone is 7. The fourth-order valence-corrected chi connectivity index (χ4v) is 6.91. The van der Waals surface area contributed by atoms with Gasteiger partial charge in [0.1, 0.15) is 0 Å². The third-order valence-electron chi connectivity index (χ3n) is 8.94. The van der Waals surface area contributed by atoms with Crippen molar-refractivity contribution >= 4 is 41.1 Å². The molecule has 10 heteroatoms.